The van der Waals surface area contributed by atoms with Crippen molar-refractivity contribution in [2.45, 2.75) is 31.7 Å². The molecule has 9 heteroatoms. The molecule has 0 aliphatic carbocycles. The van der Waals surface area contributed by atoms with Gasteiger partial charge in [0.05, 0.1) is 25.1 Å². The highest BCUT2D eigenvalue weighted by atomic mass is 32.1. The molecule has 1 aliphatic heterocycles. The van der Waals surface area contributed by atoms with Crippen molar-refractivity contribution in [2.24, 2.45) is 0 Å². The van der Waals surface area contributed by atoms with E-state index in [-0.39, 0.29) is 0 Å². The smallest absolute Gasteiger partial charge is 0.230 e. The van der Waals surface area contributed by atoms with Gasteiger partial charge in [-0.3, -0.25) is 5.43 Å². The van der Waals surface area contributed by atoms with E-state index in [0.717, 1.165) is 36.9 Å². The molecule has 2 N–H and O–H groups in total. The van der Waals surface area contributed by atoms with Gasteiger partial charge in [0.25, 0.3) is 0 Å². The van der Waals surface area contributed by atoms with E-state index < -0.39 is 0 Å². The second kappa shape index (κ2) is 12.1. The topological polar surface area (TPSA) is 80.8 Å². The molecule has 0 spiro atoms. The molecule has 196 valence electrons. The largest absolute Gasteiger partial charge is 0.493 e. The summed E-state index contributed by atoms with van der Waals surface area (Å²) in [6.45, 7) is 0.968. The lowest BCUT2D eigenvalue weighted by molar-refractivity contribution is 0.118. The van der Waals surface area contributed by atoms with Gasteiger partial charge in [-0.25, -0.2) is 15.0 Å². The summed E-state index contributed by atoms with van der Waals surface area (Å²) in [5.41, 5.74) is 6.32. The standard InChI is InChI=1S/C29H31N5O3S/c1-35-26-17-24-25(18-27(26)36-2)30-19-31-28(24)37-23-13-11-21(12-14-23)32-29(38)33-34-15-7-6-10-22(34)16-20-8-4-3-5-9-20/h3-5,8-9,11-14,17-19,22H,6-7,10,15-16H2,1-2H3,(H2,32,33,38). The molecule has 3 aromatic carbocycles. The molecule has 4 aromatic rings. The van der Waals surface area contributed by atoms with Gasteiger partial charge in [0.15, 0.2) is 16.6 Å². The van der Waals surface area contributed by atoms with E-state index in [1.54, 1.807) is 20.3 Å². The van der Waals surface area contributed by atoms with E-state index in [9.17, 15) is 0 Å². The van der Waals surface area contributed by atoms with E-state index in [2.05, 4.69) is 56.1 Å². The fraction of sp³-hybridized carbons (Fsp3) is 0.276. The second-order valence-electron chi connectivity index (χ2n) is 9.13. The van der Waals surface area contributed by atoms with Gasteiger partial charge >= 0.3 is 0 Å². The summed E-state index contributed by atoms with van der Waals surface area (Å²) < 4.78 is 16.9. The van der Waals surface area contributed by atoms with E-state index in [4.69, 9.17) is 26.4 Å². The molecule has 0 saturated carbocycles. The lowest BCUT2D eigenvalue weighted by Gasteiger charge is -2.36. The number of rotatable bonds is 8. The van der Waals surface area contributed by atoms with Gasteiger partial charge in [0.2, 0.25) is 5.88 Å². The summed E-state index contributed by atoms with van der Waals surface area (Å²) in [5, 5.41) is 6.86. The average Bonchev–Trinajstić information content (AvgIpc) is 2.95. The first-order valence-electron chi connectivity index (χ1n) is 12.7. The van der Waals surface area contributed by atoms with Gasteiger partial charge in [-0.05, 0) is 67.4 Å². The number of piperidine rings is 1. The van der Waals surface area contributed by atoms with Gasteiger partial charge in [-0.2, -0.15) is 0 Å². The van der Waals surface area contributed by atoms with E-state index in [0.29, 0.717) is 39.8 Å². The summed E-state index contributed by atoms with van der Waals surface area (Å²) in [4.78, 5) is 8.65. The first-order chi connectivity index (χ1) is 18.6. The number of anilines is 1. The van der Waals surface area contributed by atoms with Crippen LogP contribution in [0.15, 0.2) is 73.1 Å². The Bertz CT molecular complexity index is 1380. The van der Waals surface area contributed by atoms with Crippen molar-refractivity contribution in [3.05, 3.63) is 78.6 Å². The third-order valence-corrected chi connectivity index (χ3v) is 6.81. The van der Waals surface area contributed by atoms with Crippen molar-refractivity contribution < 1.29 is 14.2 Å². The molecular formula is C29H31N5O3S. The minimum atomic E-state index is 0.406. The molecule has 1 fully saturated rings. The van der Waals surface area contributed by atoms with Crippen LogP contribution in [0, 0.1) is 0 Å². The highest BCUT2D eigenvalue weighted by Crippen LogP contribution is 2.35. The van der Waals surface area contributed by atoms with Crippen LogP contribution in [0.2, 0.25) is 0 Å². The van der Waals surface area contributed by atoms with E-state index in [1.165, 1.54) is 18.3 Å². The van der Waals surface area contributed by atoms with E-state index in [1.807, 2.05) is 30.3 Å². The fourth-order valence-corrected chi connectivity index (χ4v) is 4.93. The molecule has 0 bridgehead atoms. The molecule has 38 heavy (non-hydrogen) atoms. The number of ether oxygens (including phenoxy) is 3. The zero-order chi connectivity index (χ0) is 26.3. The van der Waals surface area contributed by atoms with Crippen molar-refractivity contribution in [1.82, 2.24) is 20.4 Å². The molecule has 8 nitrogen and oxygen atoms in total. The zero-order valence-electron chi connectivity index (χ0n) is 21.5. The van der Waals surface area contributed by atoms with Crippen LogP contribution in [0.1, 0.15) is 24.8 Å². The highest BCUT2D eigenvalue weighted by Gasteiger charge is 2.23. The Morgan fingerprint density at radius 1 is 0.974 bits per heavy atom. The molecule has 1 atom stereocenters. The Kier molecular flexibility index (Phi) is 8.15. The minimum absolute atomic E-state index is 0.406. The van der Waals surface area contributed by atoms with Gasteiger partial charge in [0.1, 0.15) is 12.1 Å². The summed E-state index contributed by atoms with van der Waals surface area (Å²) >= 11 is 5.64. The first kappa shape index (κ1) is 25.7. The van der Waals surface area contributed by atoms with Crippen LogP contribution in [0.5, 0.6) is 23.1 Å². The highest BCUT2D eigenvalue weighted by molar-refractivity contribution is 7.80. The molecule has 1 aromatic heterocycles. The Morgan fingerprint density at radius 3 is 2.50 bits per heavy atom. The number of aromatic nitrogens is 2. The molecule has 1 aliphatic rings. The maximum Gasteiger partial charge on any atom is 0.230 e. The molecule has 0 amide bonds. The molecule has 5 rings (SSSR count). The number of hydrogen-bond acceptors (Lipinski definition) is 7. The summed E-state index contributed by atoms with van der Waals surface area (Å²) in [6, 6.07) is 22.2. The van der Waals surface area contributed by atoms with Crippen molar-refractivity contribution in [2.75, 3.05) is 26.1 Å². The molecule has 1 unspecified atom stereocenters. The molecule has 2 heterocycles. The van der Waals surface area contributed by atoms with Gasteiger partial charge in [-0.1, -0.05) is 36.8 Å². The fourth-order valence-electron chi connectivity index (χ4n) is 4.69. The Morgan fingerprint density at radius 2 is 1.74 bits per heavy atom. The number of hydrazine groups is 1. The predicted octanol–water partition coefficient (Wildman–Crippen LogP) is 5.74. The van der Waals surface area contributed by atoms with Crippen molar-refractivity contribution >= 4 is 33.9 Å². The third kappa shape index (κ3) is 6.12. The quantitative estimate of drug-likeness (QED) is 0.278. The van der Waals surface area contributed by atoms with E-state index >= 15 is 0 Å². The van der Waals surface area contributed by atoms with Crippen LogP contribution in [0.25, 0.3) is 10.9 Å². The SMILES string of the molecule is COc1cc2ncnc(Oc3ccc(NC(=S)NN4CCCCC4Cc4ccccc4)cc3)c2cc1OC. The van der Waals surface area contributed by atoms with Crippen LogP contribution in [0.3, 0.4) is 0 Å². The molecular weight excluding hydrogens is 498 g/mol. The van der Waals surface area contributed by atoms with Crippen LogP contribution in [0.4, 0.5) is 5.69 Å². The Hall–Kier alpha value is -3.95. The number of nitrogens with one attached hydrogen (secondary N) is 2. The lowest BCUT2D eigenvalue weighted by Crippen LogP contribution is -2.52. The minimum Gasteiger partial charge on any atom is -0.493 e. The van der Waals surface area contributed by atoms with Crippen LogP contribution < -0.4 is 25.0 Å². The van der Waals surface area contributed by atoms with Gasteiger partial charge in [-0.15, -0.1) is 0 Å². The van der Waals surface area contributed by atoms with Gasteiger partial charge < -0.3 is 19.5 Å². The maximum absolute atomic E-state index is 6.08. The number of hydrogen-bond donors (Lipinski definition) is 2. The van der Waals surface area contributed by atoms with Crippen LogP contribution >= 0.6 is 12.2 Å². The second-order valence-corrected chi connectivity index (χ2v) is 9.54. The number of nitrogens with zero attached hydrogens (tertiary/aromatic N) is 3. The maximum atomic E-state index is 6.08. The van der Waals surface area contributed by atoms with Crippen molar-refractivity contribution in [3.63, 3.8) is 0 Å². The van der Waals surface area contributed by atoms with Gasteiger partial charge in [0, 0.05) is 24.3 Å². The first-order valence-corrected chi connectivity index (χ1v) is 13.1. The van der Waals surface area contributed by atoms with Crippen LogP contribution in [-0.2, 0) is 6.42 Å². The number of thiocarbonyl (C=S) groups is 1. The molecule has 1 saturated heterocycles. The summed E-state index contributed by atoms with van der Waals surface area (Å²) in [5.74, 6) is 2.26. The molecule has 0 radical (unpaired) electrons. The number of benzene rings is 3. The zero-order valence-corrected chi connectivity index (χ0v) is 22.3. The third-order valence-electron chi connectivity index (χ3n) is 6.62. The monoisotopic (exact) mass is 529 g/mol. The number of methoxy groups -OCH3 is 2. The normalized spacial score (nSPS) is 15.6. The van der Waals surface area contributed by atoms with Crippen LogP contribution in [-0.4, -0.2) is 46.9 Å². The average molecular weight is 530 g/mol. The Labute approximate surface area is 227 Å². The lowest BCUT2D eigenvalue weighted by atomic mass is 9.97. The van der Waals surface area contributed by atoms with Crippen molar-refractivity contribution in [1.29, 1.82) is 0 Å². The summed E-state index contributed by atoms with van der Waals surface area (Å²) in [7, 11) is 3.18. The predicted molar refractivity (Wildman–Crippen MR) is 153 cm³/mol. The van der Waals surface area contributed by atoms with Crippen molar-refractivity contribution in [3.8, 4) is 23.1 Å². The Balaban J connectivity index is 1.22. The summed E-state index contributed by atoms with van der Waals surface area (Å²) in [6.07, 6.45) is 6.00. The number of fused-ring (bicyclic) bond motifs is 1.